The first-order valence-electron chi connectivity index (χ1n) is 3.46. The van der Waals surface area contributed by atoms with E-state index in [1.54, 1.807) is 10.6 Å². The molecule has 1 rings (SSSR count). The molecule has 1 aliphatic rings. The summed E-state index contributed by atoms with van der Waals surface area (Å²) in [6, 6.07) is 0. The van der Waals surface area contributed by atoms with Crippen LogP contribution < -0.4 is 0 Å². The van der Waals surface area contributed by atoms with Crippen LogP contribution in [-0.2, 0) is 11.0 Å². The molecule has 4 heteroatoms. The Morgan fingerprint density at radius 1 is 1.70 bits per heavy atom. The van der Waals surface area contributed by atoms with E-state index in [1.165, 1.54) is 0 Å². The van der Waals surface area contributed by atoms with E-state index in [0.29, 0.717) is 6.54 Å². The smallest absolute Gasteiger partial charge is 0.0911 e. The second kappa shape index (κ2) is 3.46. The maximum Gasteiger partial charge on any atom is 0.0911 e. The summed E-state index contributed by atoms with van der Waals surface area (Å²) in [5, 5.41) is 9.15. The van der Waals surface area contributed by atoms with Crippen molar-refractivity contribution >= 4 is 11.0 Å². The van der Waals surface area contributed by atoms with Gasteiger partial charge in [-0.1, -0.05) is 0 Å². The van der Waals surface area contributed by atoms with E-state index in [0.717, 1.165) is 19.4 Å². The van der Waals surface area contributed by atoms with Gasteiger partial charge in [0.05, 0.1) is 17.1 Å². The Bertz CT molecular complexity index is 140. The lowest BCUT2D eigenvalue weighted by molar-refractivity contribution is 0.110. The second-order valence-corrected chi connectivity index (χ2v) is 3.97. The largest absolute Gasteiger partial charge is 0.392 e. The maximum absolute atomic E-state index is 10.9. The highest BCUT2D eigenvalue weighted by Gasteiger charge is 2.19. The number of piperidine rings is 1. The number of hydrogen-bond donors (Lipinski definition) is 1. The third-order valence-electron chi connectivity index (χ3n) is 1.72. The number of hydrogen-bond acceptors (Lipinski definition) is 2. The third kappa shape index (κ3) is 2.04. The summed E-state index contributed by atoms with van der Waals surface area (Å²) >= 11 is 0. The molecule has 0 amide bonds. The Hall–Kier alpha value is 0.0700. The van der Waals surface area contributed by atoms with E-state index >= 15 is 0 Å². The molecule has 1 N–H and O–H groups in total. The number of aliphatic hydroxyl groups is 1. The van der Waals surface area contributed by atoms with Crippen molar-refractivity contribution in [2.75, 3.05) is 19.3 Å². The Morgan fingerprint density at radius 3 is 2.80 bits per heavy atom. The molecule has 1 heterocycles. The third-order valence-corrected chi connectivity index (χ3v) is 2.78. The summed E-state index contributed by atoms with van der Waals surface area (Å²) in [5.74, 6) is 0. The number of rotatable bonds is 1. The van der Waals surface area contributed by atoms with E-state index in [9.17, 15) is 4.21 Å². The first-order valence-corrected chi connectivity index (χ1v) is 4.98. The van der Waals surface area contributed by atoms with Crippen LogP contribution in [0.4, 0.5) is 0 Å². The van der Waals surface area contributed by atoms with Crippen LogP contribution in [0.15, 0.2) is 0 Å². The zero-order valence-electron chi connectivity index (χ0n) is 6.12. The van der Waals surface area contributed by atoms with Crippen molar-refractivity contribution in [1.29, 1.82) is 0 Å². The van der Waals surface area contributed by atoms with Gasteiger partial charge in [-0.2, -0.15) is 0 Å². The molecule has 1 saturated heterocycles. The predicted octanol–water partition coefficient (Wildman–Crippen LogP) is -0.263. The molecule has 0 saturated carbocycles. The topological polar surface area (TPSA) is 40.5 Å². The Labute approximate surface area is 63.6 Å². The van der Waals surface area contributed by atoms with E-state index in [4.69, 9.17) is 5.11 Å². The minimum atomic E-state index is -0.899. The summed E-state index contributed by atoms with van der Waals surface area (Å²) < 4.78 is 12.7. The van der Waals surface area contributed by atoms with Crippen LogP contribution in [0, 0.1) is 0 Å². The molecule has 3 nitrogen and oxygen atoms in total. The number of β-amino-alcohol motifs (C(OH)–C–C–N with tert-alkyl or cyclic N) is 1. The van der Waals surface area contributed by atoms with Gasteiger partial charge in [-0.25, -0.2) is 8.51 Å². The Morgan fingerprint density at radius 2 is 2.40 bits per heavy atom. The molecule has 2 atom stereocenters. The average molecular weight is 163 g/mol. The Kier molecular flexibility index (Phi) is 2.82. The van der Waals surface area contributed by atoms with Crippen molar-refractivity contribution in [1.82, 2.24) is 4.31 Å². The van der Waals surface area contributed by atoms with Crippen LogP contribution in [-0.4, -0.2) is 39.1 Å². The van der Waals surface area contributed by atoms with E-state index in [1.807, 2.05) is 0 Å². The van der Waals surface area contributed by atoms with Crippen molar-refractivity contribution in [2.45, 2.75) is 18.9 Å². The fourth-order valence-corrected chi connectivity index (χ4v) is 1.92. The highest BCUT2D eigenvalue weighted by Crippen LogP contribution is 2.10. The zero-order valence-corrected chi connectivity index (χ0v) is 6.93. The molecular formula is C6H13NO2S. The molecule has 0 aromatic heterocycles. The van der Waals surface area contributed by atoms with Crippen LogP contribution in [0.2, 0.25) is 0 Å². The normalized spacial score (nSPS) is 32.0. The van der Waals surface area contributed by atoms with Gasteiger partial charge in [0.15, 0.2) is 0 Å². The monoisotopic (exact) mass is 163 g/mol. The number of nitrogens with zero attached hydrogens (tertiary/aromatic N) is 1. The van der Waals surface area contributed by atoms with Gasteiger partial charge in [-0.3, -0.25) is 0 Å². The lowest BCUT2D eigenvalue weighted by atomic mass is 10.1. The molecular weight excluding hydrogens is 150 g/mol. The van der Waals surface area contributed by atoms with Gasteiger partial charge in [0.2, 0.25) is 0 Å². The first kappa shape index (κ1) is 8.17. The summed E-state index contributed by atoms with van der Waals surface area (Å²) in [6.45, 7) is 1.43. The van der Waals surface area contributed by atoms with E-state index in [-0.39, 0.29) is 6.10 Å². The standard InChI is InChI=1S/C6H13NO2S/c1-10(9)7-4-2-3-6(8)5-7/h6,8H,2-5H2,1H3. The highest BCUT2D eigenvalue weighted by molar-refractivity contribution is 7.81. The number of aliphatic hydroxyl groups excluding tert-OH is 1. The van der Waals surface area contributed by atoms with Crippen molar-refractivity contribution < 1.29 is 9.32 Å². The fraction of sp³-hybridized carbons (Fsp3) is 1.00. The highest BCUT2D eigenvalue weighted by atomic mass is 32.2. The zero-order chi connectivity index (χ0) is 7.56. The van der Waals surface area contributed by atoms with Gasteiger partial charge in [0, 0.05) is 19.3 Å². The van der Waals surface area contributed by atoms with Crippen molar-refractivity contribution in [3.63, 3.8) is 0 Å². The first-order chi connectivity index (χ1) is 4.70. The van der Waals surface area contributed by atoms with E-state index in [2.05, 4.69) is 0 Å². The van der Waals surface area contributed by atoms with Crippen LogP contribution >= 0.6 is 0 Å². The molecule has 0 aromatic rings. The van der Waals surface area contributed by atoms with Crippen LogP contribution in [0.25, 0.3) is 0 Å². The molecule has 2 unspecified atom stereocenters. The Balaban J connectivity index is 2.39. The summed E-state index contributed by atoms with van der Waals surface area (Å²) in [6.07, 6.45) is 3.20. The van der Waals surface area contributed by atoms with Gasteiger partial charge < -0.3 is 5.11 Å². The van der Waals surface area contributed by atoms with E-state index < -0.39 is 11.0 Å². The van der Waals surface area contributed by atoms with Gasteiger partial charge >= 0.3 is 0 Å². The van der Waals surface area contributed by atoms with Crippen LogP contribution in [0.1, 0.15) is 12.8 Å². The molecule has 0 spiro atoms. The molecule has 0 radical (unpaired) electrons. The molecule has 60 valence electrons. The van der Waals surface area contributed by atoms with Crippen molar-refractivity contribution in [3.8, 4) is 0 Å². The van der Waals surface area contributed by atoms with Gasteiger partial charge in [-0.15, -0.1) is 0 Å². The lowest BCUT2D eigenvalue weighted by Crippen LogP contribution is -2.38. The molecule has 1 fully saturated rings. The average Bonchev–Trinajstić information content (AvgIpc) is 1.88. The summed E-state index contributed by atoms with van der Waals surface area (Å²) in [4.78, 5) is 0. The SMILES string of the molecule is CS(=O)N1CCCC(O)C1. The minimum absolute atomic E-state index is 0.266. The van der Waals surface area contributed by atoms with Crippen LogP contribution in [0.3, 0.4) is 0 Å². The summed E-state index contributed by atoms with van der Waals surface area (Å²) in [5.41, 5.74) is 0. The molecule has 0 aromatic carbocycles. The quantitative estimate of drug-likeness (QED) is 0.578. The molecule has 1 aliphatic heterocycles. The molecule has 0 bridgehead atoms. The molecule has 10 heavy (non-hydrogen) atoms. The van der Waals surface area contributed by atoms with Crippen molar-refractivity contribution in [2.24, 2.45) is 0 Å². The predicted molar refractivity (Wildman–Crippen MR) is 40.9 cm³/mol. The van der Waals surface area contributed by atoms with Gasteiger partial charge in [0.25, 0.3) is 0 Å². The summed E-state index contributed by atoms with van der Waals surface area (Å²) in [7, 11) is -0.899. The van der Waals surface area contributed by atoms with Crippen molar-refractivity contribution in [3.05, 3.63) is 0 Å². The fourth-order valence-electron chi connectivity index (χ4n) is 1.15. The van der Waals surface area contributed by atoms with Crippen LogP contribution in [0.5, 0.6) is 0 Å². The van der Waals surface area contributed by atoms with Gasteiger partial charge in [0.1, 0.15) is 0 Å². The second-order valence-electron chi connectivity index (χ2n) is 2.61. The lowest BCUT2D eigenvalue weighted by Gasteiger charge is -2.27. The molecule has 0 aliphatic carbocycles. The minimum Gasteiger partial charge on any atom is -0.392 e. The van der Waals surface area contributed by atoms with Gasteiger partial charge in [-0.05, 0) is 12.8 Å². The maximum atomic E-state index is 10.9.